The van der Waals surface area contributed by atoms with Gasteiger partial charge in [-0.3, -0.25) is 0 Å². The second kappa shape index (κ2) is 5.83. The van der Waals surface area contributed by atoms with Gasteiger partial charge in [-0.2, -0.15) is 15.0 Å². The van der Waals surface area contributed by atoms with Crippen LogP contribution >= 0.6 is 11.3 Å². The molecule has 0 aliphatic rings. The Balaban J connectivity index is 2.24. The number of aromatic nitrogens is 3. The lowest BCUT2D eigenvalue weighted by Crippen LogP contribution is -2.22. The first-order valence-corrected chi connectivity index (χ1v) is 6.83. The Morgan fingerprint density at radius 1 is 1.16 bits per heavy atom. The van der Waals surface area contributed by atoms with Gasteiger partial charge in [0.2, 0.25) is 17.8 Å². The van der Waals surface area contributed by atoms with Crippen molar-refractivity contribution in [3.05, 3.63) is 22.4 Å². The third-order valence-electron chi connectivity index (χ3n) is 2.55. The fraction of sp³-hybridized carbons (Fsp3) is 0.417. The molecule has 19 heavy (non-hydrogen) atoms. The monoisotopic (exact) mass is 278 g/mol. The van der Waals surface area contributed by atoms with Gasteiger partial charge in [-0.15, -0.1) is 11.3 Å². The maximum atomic E-state index is 4.46. The minimum absolute atomic E-state index is 0.576. The second-order valence-corrected chi connectivity index (χ2v) is 5.37. The van der Waals surface area contributed by atoms with Crippen molar-refractivity contribution in [2.45, 2.75) is 6.54 Å². The SMILES string of the molecule is CNc1nc(N(C)C)nc(N(C)Cc2cccs2)n1. The predicted octanol–water partition coefficient (Wildman–Crippen LogP) is 1.68. The van der Waals surface area contributed by atoms with E-state index < -0.39 is 0 Å². The fourth-order valence-corrected chi connectivity index (χ4v) is 2.30. The summed E-state index contributed by atoms with van der Waals surface area (Å²) in [7, 11) is 7.61. The summed E-state index contributed by atoms with van der Waals surface area (Å²) in [5, 5.41) is 5.03. The standard InChI is InChI=1S/C12H18N6S/c1-13-10-14-11(17(2)3)16-12(15-10)18(4)8-9-6-5-7-19-9/h5-7H,8H2,1-4H3,(H,13,14,15,16). The van der Waals surface area contributed by atoms with Gasteiger partial charge in [0, 0.05) is 33.1 Å². The Morgan fingerprint density at radius 2 is 1.89 bits per heavy atom. The third kappa shape index (κ3) is 3.31. The minimum Gasteiger partial charge on any atom is -0.357 e. The fourth-order valence-electron chi connectivity index (χ4n) is 1.54. The van der Waals surface area contributed by atoms with Crippen LogP contribution in [0, 0.1) is 0 Å². The molecular formula is C12H18N6S. The van der Waals surface area contributed by atoms with E-state index >= 15 is 0 Å². The number of hydrogen-bond donors (Lipinski definition) is 1. The van der Waals surface area contributed by atoms with Gasteiger partial charge < -0.3 is 15.1 Å². The highest BCUT2D eigenvalue weighted by atomic mass is 32.1. The van der Waals surface area contributed by atoms with Crippen molar-refractivity contribution < 1.29 is 0 Å². The number of anilines is 3. The number of nitrogens with zero attached hydrogens (tertiary/aromatic N) is 5. The third-order valence-corrected chi connectivity index (χ3v) is 3.41. The molecule has 0 unspecified atom stereocenters. The molecule has 0 saturated carbocycles. The lowest BCUT2D eigenvalue weighted by atomic mass is 10.4. The largest absolute Gasteiger partial charge is 0.357 e. The van der Waals surface area contributed by atoms with Crippen LogP contribution in [0.4, 0.5) is 17.8 Å². The zero-order chi connectivity index (χ0) is 13.8. The molecule has 0 aliphatic carbocycles. The van der Waals surface area contributed by atoms with Crippen molar-refractivity contribution in [3.8, 4) is 0 Å². The summed E-state index contributed by atoms with van der Waals surface area (Å²) in [6, 6.07) is 4.15. The van der Waals surface area contributed by atoms with E-state index in [0.29, 0.717) is 17.8 Å². The molecule has 0 fully saturated rings. The highest BCUT2D eigenvalue weighted by Gasteiger charge is 2.11. The molecule has 0 atom stereocenters. The van der Waals surface area contributed by atoms with Crippen molar-refractivity contribution in [2.24, 2.45) is 0 Å². The smallest absolute Gasteiger partial charge is 0.232 e. The first-order chi connectivity index (χ1) is 9.10. The van der Waals surface area contributed by atoms with Gasteiger partial charge >= 0.3 is 0 Å². The van der Waals surface area contributed by atoms with Crippen molar-refractivity contribution in [3.63, 3.8) is 0 Å². The van der Waals surface area contributed by atoms with Crippen LogP contribution in [0.1, 0.15) is 4.88 Å². The molecule has 102 valence electrons. The average Bonchev–Trinajstić information content (AvgIpc) is 2.90. The highest BCUT2D eigenvalue weighted by Crippen LogP contribution is 2.17. The van der Waals surface area contributed by atoms with E-state index in [1.165, 1.54) is 4.88 Å². The Bertz CT molecular complexity index is 525. The van der Waals surface area contributed by atoms with Gasteiger partial charge in [0.1, 0.15) is 0 Å². The highest BCUT2D eigenvalue weighted by molar-refractivity contribution is 7.09. The van der Waals surface area contributed by atoms with Gasteiger partial charge in [-0.25, -0.2) is 0 Å². The summed E-state index contributed by atoms with van der Waals surface area (Å²) in [6.45, 7) is 0.789. The molecule has 0 spiro atoms. The Labute approximate surface area is 117 Å². The average molecular weight is 278 g/mol. The summed E-state index contributed by atoms with van der Waals surface area (Å²) < 4.78 is 0. The molecular weight excluding hydrogens is 260 g/mol. The lowest BCUT2D eigenvalue weighted by Gasteiger charge is -2.19. The molecule has 7 heteroatoms. The van der Waals surface area contributed by atoms with Gasteiger partial charge in [-0.05, 0) is 11.4 Å². The van der Waals surface area contributed by atoms with Crippen molar-refractivity contribution in [2.75, 3.05) is 43.3 Å². The second-order valence-electron chi connectivity index (χ2n) is 4.34. The molecule has 0 radical (unpaired) electrons. The zero-order valence-corrected chi connectivity index (χ0v) is 12.4. The molecule has 1 N–H and O–H groups in total. The van der Waals surface area contributed by atoms with Crippen molar-refractivity contribution in [1.29, 1.82) is 0 Å². The number of thiophene rings is 1. The summed E-state index contributed by atoms with van der Waals surface area (Å²) in [4.78, 5) is 18.3. The van der Waals surface area contributed by atoms with Crippen LogP contribution in [0.5, 0.6) is 0 Å². The first kappa shape index (κ1) is 13.5. The Hall–Kier alpha value is -1.89. The van der Waals surface area contributed by atoms with Crippen molar-refractivity contribution >= 4 is 29.2 Å². The van der Waals surface area contributed by atoms with Crippen molar-refractivity contribution in [1.82, 2.24) is 15.0 Å². The zero-order valence-electron chi connectivity index (χ0n) is 11.6. The van der Waals surface area contributed by atoms with Gasteiger partial charge in [0.05, 0.1) is 6.54 Å². The molecule has 0 amide bonds. The molecule has 2 rings (SSSR count). The van der Waals surface area contributed by atoms with E-state index in [1.807, 2.05) is 37.0 Å². The summed E-state index contributed by atoms with van der Waals surface area (Å²) in [6.07, 6.45) is 0. The van der Waals surface area contributed by atoms with E-state index in [4.69, 9.17) is 0 Å². The predicted molar refractivity (Wildman–Crippen MR) is 80.1 cm³/mol. The number of hydrogen-bond acceptors (Lipinski definition) is 7. The van der Waals surface area contributed by atoms with E-state index in [1.54, 1.807) is 18.4 Å². The molecule has 2 aromatic heterocycles. The van der Waals surface area contributed by atoms with Crippen LogP contribution in [0.3, 0.4) is 0 Å². The molecule has 2 aromatic rings. The summed E-state index contributed by atoms with van der Waals surface area (Å²) >= 11 is 1.73. The molecule has 0 saturated heterocycles. The normalized spacial score (nSPS) is 10.3. The molecule has 0 aliphatic heterocycles. The Morgan fingerprint density at radius 3 is 2.47 bits per heavy atom. The number of rotatable bonds is 5. The van der Waals surface area contributed by atoms with Crippen LogP contribution in [0.15, 0.2) is 17.5 Å². The van der Waals surface area contributed by atoms with Crippen LogP contribution in [-0.4, -0.2) is 43.1 Å². The van der Waals surface area contributed by atoms with E-state index in [-0.39, 0.29) is 0 Å². The van der Waals surface area contributed by atoms with E-state index in [0.717, 1.165) is 6.54 Å². The van der Waals surface area contributed by atoms with E-state index in [9.17, 15) is 0 Å². The topological polar surface area (TPSA) is 57.2 Å². The van der Waals surface area contributed by atoms with Gasteiger partial charge in [0.15, 0.2) is 0 Å². The first-order valence-electron chi connectivity index (χ1n) is 5.95. The van der Waals surface area contributed by atoms with Gasteiger partial charge in [0.25, 0.3) is 0 Å². The molecule has 0 bridgehead atoms. The summed E-state index contributed by atoms with van der Waals surface area (Å²) in [5.41, 5.74) is 0. The molecule has 2 heterocycles. The quantitative estimate of drug-likeness (QED) is 0.898. The van der Waals surface area contributed by atoms with Crippen LogP contribution in [0.2, 0.25) is 0 Å². The van der Waals surface area contributed by atoms with E-state index in [2.05, 4.69) is 31.7 Å². The van der Waals surface area contributed by atoms with Gasteiger partial charge in [-0.1, -0.05) is 6.07 Å². The maximum Gasteiger partial charge on any atom is 0.232 e. The number of nitrogens with one attached hydrogen (secondary N) is 1. The molecule has 0 aromatic carbocycles. The maximum absolute atomic E-state index is 4.46. The van der Waals surface area contributed by atoms with Crippen LogP contribution in [0.25, 0.3) is 0 Å². The summed E-state index contributed by atoms with van der Waals surface area (Å²) in [5.74, 6) is 1.88. The molecule has 6 nitrogen and oxygen atoms in total. The van der Waals surface area contributed by atoms with Crippen LogP contribution < -0.4 is 15.1 Å². The van der Waals surface area contributed by atoms with Crippen LogP contribution in [-0.2, 0) is 6.54 Å². The minimum atomic E-state index is 0.576. The Kier molecular flexibility index (Phi) is 4.16. The lowest BCUT2D eigenvalue weighted by molar-refractivity contribution is 0.852.